The summed E-state index contributed by atoms with van der Waals surface area (Å²) in [5, 5.41) is 0.653. The van der Waals surface area contributed by atoms with Crippen LogP contribution in [0.3, 0.4) is 0 Å². The first-order valence-electron chi connectivity index (χ1n) is 8.14. The lowest BCUT2D eigenvalue weighted by molar-refractivity contribution is -0.131. The third kappa shape index (κ3) is 5.64. The second-order valence-corrected chi connectivity index (χ2v) is 5.80. The van der Waals surface area contributed by atoms with Crippen molar-refractivity contribution in [1.29, 1.82) is 0 Å². The molecular formula is C20H22O5. The molecular weight excluding hydrogens is 320 g/mol. The van der Waals surface area contributed by atoms with Crippen molar-refractivity contribution in [2.45, 2.75) is 33.6 Å². The molecule has 0 unspecified atom stereocenters. The largest absolute Gasteiger partial charge is 0.485 e. The van der Waals surface area contributed by atoms with Gasteiger partial charge in [0.05, 0.1) is 0 Å². The van der Waals surface area contributed by atoms with E-state index in [1.54, 1.807) is 18.2 Å². The Morgan fingerprint density at radius 1 is 1.08 bits per heavy atom. The normalized spacial score (nSPS) is 10.8. The van der Waals surface area contributed by atoms with Crippen LogP contribution in [0.4, 0.5) is 0 Å². The second-order valence-electron chi connectivity index (χ2n) is 5.80. The topological polar surface area (TPSA) is 65.7 Å². The molecule has 0 spiro atoms. The predicted octanol–water partition coefficient (Wildman–Crippen LogP) is 4.40. The first-order chi connectivity index (χ1) is 12.0. The number of benzene rings is 1. The average Bonchev–Trinajstić information content (AvgIpc) is 2.55. The lowest BCUT2D eigenvalue weighted by atomic mass is 10.2. The van der Waals surface area contributed by atoms with Crippen LogP contribution in [0.2, 0.25) is 0 Å². The van der Waals surface area contributed by atoms with E-state index in [0.717, 1.165) is 12.8 Å². The Balaban J connectivity index is 2.14. The molecule has 132 valence electrons. The van der Waals surface area contributed by atoms with Crippen molar-refractivity contribution in [1.82, 2.24) is 0 Å². The Hall–Kier alpha value is -2.82. The zero-order valence-corrected chi connectivity index (χ0v) is 14.7. The SMILES string of the molecule is CC(=O)Oc1c(OC/C=C/CCC=C(C)C)ccc2ccc(=O)oc12. The highest BCUT2D eigenvalue weighted by molar-refractivity contribution is 5.87. The molecule has 2 rings (SSSR count). The molecule has 0 fully saturated rings. The highest BCUT2D eigenvalue weighted by Gasteiger charge is 2.15. The van der Waals surface area contributed by atoms with E-state index in [0.29, 0.717) is 17.7 Å². The van der Waals surface area contributed by atoms with Crippen LogP contribution in [-0.4, -0.2) is 12.6 Å². The van der Waals surface area contributed by atoms with Crippen LogP contribution in [0.15, 0.2) is 57.3 Å². The summed E-state index contributed by atoms with van der Waals surface area (Å²) in [4.78, 5) is 22.9. The summed E-state index contributed by atoms with van der Waals surface area (Å²) in [5.41, 5.74) is 0.985. The molecule has 2 aromatic rings. The second kappa shape index (κ2) is 8.87. The Morgan fingerprint density at radius 2 is 1.84 bits per heavy atom. The highest BCUT2D eigenvalue weighted by atomic mass is 16.6. The third-order valence-corrected chi connectivity index (χ3v) is 3.34. The summed E-state index contributed by atoms with van der Waals surface area (Å²) in [7, 11) is 0. The van der Waals surface area contributed by atoms with Gasteiger partial charge in [0.2, 0.25) is 5.75 Å². The van der Waals surface area contributed by atoms with E-state index in [-0.39, 0.29) is 11.3 Å². The number of esters is 1. The maximum atomic E-state index is 11.5. The van der Waals surface area contributed by atoms with Gasteiger partial charge in [-0.25, -0.2) is 4.79 Å². The summed E-state index contributed by atoms with van der Waals surface area (Å²) < 4.78 is 16.1. The van der Waals surface area contributed by atoms with Crippen molar-refractivity contribution in [2.24, 2.45) is 0 Å². The smallest absolute Gasteiger partial charge is 0.336 e. The molecule has 5 nitrogen and oxygen atoms in total. The predicted molar refractivity (Wildman–Crippen MR) is 97.1 cm³/mol. The molecule has 1 aromatic heterocycles. The number of ether oxygens (including phenoxy) is 2. The van der Waals surface area contributed by atoms with Crippen molar-refractivity contribution >= 4 is 16.9 Å². The van der Waals surface area contributed by atoms with E-state index in [4.69, 9.17) is 13.9 Å². The zero-order chi connectivity index (χ0) is 18.2. The van der Waals surface area contributed by atoms with Crippen molar-refractivity contribution < 1.29 is 18.7 Å². The van der Waals surface area contributed by atoms with Crippen molar-refractivity contribution in [2.75, 3.05) is 6.61 Å². The molecule has 0 aliphatic rings. The minimum absolute atomic E-state index is 0.126. The van der Waals surface area contributed by atoms with E-state index >= 15 is 0 Å². The Bertz CT molecular complexity index is 854. The van der Waals surface area contributed by atoms with E-state index in [1.165, 1.54) is 18.6 Å². The Morgan fingerprint density at radius 3 is 2.56 bits per heavy atom. The minimum atomic E-state index is -0.516. The van der Waals surface area contributed by atoms with Gasteiger partial charge in [-0.1, -0.05) is 23.8 Å². The first kappa shape index (κ1) is 18.5. The molecule has 0 aliphatic heterocycles. The molecule has 0 amide bonds. The molecule has 1 heterocycles. The van der Waals surface area contributed by atoms with E-state index < -0.39 is 11.6 Å². The molecule has 0 aliphatic carbocycles. The number of carbonyl (C=O) groups is 1. The number of hydrogen-bond acceptors (Lipinski definition) is 5. The standard InChI is InChI=1S/C20H22O5/c1-14(2)8-6-4-5-7-13-23-17-11-9-16-10-12-18(22)25-19(16)20(17)24-15(3)21/h5,7-12H,4,6,13H2,1-3H3/b7-5+. The van der Waals surface area contributed by atoms with Crippen LogP contribution in [0.1, 0.15) is 33.6 Å². The maximum Gasteiger partial charge on any atom is 0.336 e. The Kier molecular flexibility index (Phi) is 6.57. The van der Waals surface area contributed by atoms with Crippen LogP contribution in [0.25, 0.3) is 11.0 Å². The van der Waals surface area contributed by atoms with Gasteiger partial charge in [0.25, 0.3) is 0 Å². The molecule has 5 heteroatoms. The molecule has 0 saturated heterocycles. The van der Waals surface area contributed by atoms with Crippen molar-refractivity contribution in [3.8, 4) is 11.5 Å². The summed E-state index contributed by atoms with van der Waals surface area (Å²) in [6.07, 6.45) is 8.03. The summed E-state index contributed by atoms with van der Waals surface area (Å²) in [5.74, 6) is -0.0345. The summed E-state index contributed by atoms with van der Waals surface area (Å²) >= 11 is 0. The van der Waals surface area contributed by atoms with E-state index in [9.17, 15) is 9.59 Å². The molecule has 0 N–H and O–H groups in total. The van der Waals surface area contributed by atoms with Gasteiger partial charge in [-0.15, -0.1) is 0 Å². The van der Waals surface area contributed by atoms with Gasteiger partial charge in [-0.2, -0.15) is 0 Å². The zero-order valence-electron chi connectivity index (χ0n) is 14.7. The van der Waals surface area contributed by atoms with Gasteiger partial charge in [-0.05, 0) is 44.9 Å². The van der Waals surface area contributed by atoms with Crippen molar-refractivity contribution in [3.05, 3.63) is 58.5 Å². The molecule has 0 bridgehead atoms. The van der Waals surface area contributed by atoms with Gasteiger partial charge < -0.3 is 13.9 Å². The van der Waals surface area contributed by atoms with Gasteiger partial charge in [0.15, 0.2) is 11.3 Å². The molecule has 0 radical (unpaired) electrons. The monoisotopic (exact) mass is 342 g/mol. The van der Waals surface area contributed by atoms with Gasteiger partial charge in [-0.3, -0.25) is 4.79 Å². The van der Waals surface area contributed by atoms with Crippen molar-refractivity contribution in [3.63, 3.8) is 0 Å². The van der Waals surface area contributed by atoms with Crippen LogP contribution < -0.4 is 15.1 Å². The highest BCUT2D eigenvalue weighted by Crippen LogP contribution is 2.35. The maximum absolute atomic E-state index is 11.5. The minimum Gasteiger partial charge on any atom is -0.485 e. The van der Waals surface area contributed by atoms with Gasteiger partial charge in [0, 0.05) is 18.4 Å². The van der Waals surface area contributed by atoms with Crippen LogP contribution >= 0.6 is 0 Å². The quantitative estimate of drug-likeness (QED) is 0.245. The fraction of sp³-hybridized carbons (Fsp3) is 0.300. The molecule has 1 aromatic carbocycles. The van der Waals surface area contributed by atoms with Gasteiger partial charge in [0.1, 0.15) is 6.61 Å². The lowest BCUT2D eigenvalue weighted by Crippen LogP contribution is -2.06. The van der Waals surface area contributed by atoms with Crippen LogP contribution in [-0.2, 0) is 4.79 Å². The number of rotatable bonds is 7. The third-order valence-electron chi connectivity index (χ3n) is 3.34. The summed E-state index contributed by atoms with van der Waals surface area (Å²) in [6, 6.07) is 6.37. The average molecular weight is 342 g/mol. The lowest BCUT2D eigenvalue weighted by Gasteiger charge is -2.11. The fourth-order valence-electron chi connectivity index (χ4n) is 2.23. The Labute approximate surface area is 146 Å². The number of carbonyl (C=O) groups excluding carboxylic acids is 1. The molecule has 0 saturated carbocycles. The fourth-order valence-corrected chi connectivity index (χ4v) is 2.23. The van der Waals surface area contributed by atoms with Crippen LogP contribution in [0, 0.1) is 0 Å². The summed E-state index contributed by atoms with van der Waals surface area (Å²) in [6.45, 7) is 5.75. The number of fused-ring (bicyclic) bond motifs is 1. The molecule has 25 heavy (non-hydrogen) atoms. The van der Waals surface area contributed by atoms with E-state index in [2.05, 4.69) is 19.9 Å². The van der Waals surface area contributed by atoms with E-state index in [1.807, 2.05) is 12.2 Å². The van der Waals surface area contributed by atoms with Gasteiger partial charge >= 0.3 is 11.6 Å². The number of hydrogen-bond donors (Lipinski definition) is 0. The number of allylic oxidation sites excluding steroid dienone is 3. The molecule has 0 atom stereocenters. The first-order valence-corrected chi connectivity index (χ1v) is 8.14. The van der Waals surface area contributed by atoms with Crippen LogP contribution in [0.5, 0.6) is 11.5 Å². The number of unbranched alkanes of at least 4 members (excludes halogenated alkanes) is 1.